The Hall–Kier alpha value is -0.860. The van der Waals surface area contributed by atoms with Crippen LogP contribution in [0, 0.1) is 11.3 Å². The number of piperidine rings is 1. The lowest BCUT2D eigenvalue weighted by molar-refractivity contribution is -0.152. The number of hydrogen-bond donors (Lipinski definition) is 1. The van der Waals surface area contributed by atoms with E-state index in [1.54, 1.807) is 0 Å². The zero-order valence-corrected chi connectivity index (χ0v) is 11.2. The molecule has 2 nitrogen and oxygen atoms in total. The van der Waals surface area contributed by atoms with Gasteiger partial charge in [-0.25, -0.2) is 0 Å². The van der Waals surface area contributed by atoms with Crippen molar-refractivity contribution in [3.63, 3.8) is 0 Å². The van der Waals surface area contributed by atoms with Gasteiger partial charge in [0.05, 0.1) is 12.7 Å². The van der Waals surface area contributed by atoms with Crippen molar-refractivity contribution in [2.45, 2.75) is 38.9 Å². The Bertz CT molecular complexity index is 383. The maximum atomic E-state index is 6.08. The zero-order chi connectivity index (χ0) is 12.4. The fourth-order valence-corrected chi connectivity index (χ4v) is 3.56. The molecule has 0 radical (unpaired) electrons. The predicted molar refractivity (Wildman–Crippen MR) is 73.3 cm³/mol. The Balaban J connectivity index is 1.51. The molecule has 2 fully saturated rings. The summed E-state index contributed by atoms with van der Waals surface area (Å²) in [5.41, 5.74) is 1.88. The molecule has 2 heteroatoms. The molecule has 2 aliphatic rings. The lowest BCUT2D eigenvalue weighted by Crippen LogP contribution is -2.55. The van der Waals surface area contributed by atoms with Gasteiger partial charge in [-0.2, -0.15) is 0 Å². The maximum absolute atomic E-state index is 6.08. The van der Waals surface area contributed by atoms with Crippen LogP contribution < -0.4 is 5.32 Å². The van der Waals surface area contributed by atoms with Crippen molar-refractivity contribution < 1.29 is 4.74 Å². The van der Waals surface area contributed by atoms with Crippen molar-refractivity contribution in [2.75, 3.05) is 13.1 Å². The Morgan fingerprint density at radius 1 is 1.22 bits per heavy atom. The largest absolute Gasteiger partial charge is 0.373 e. The number of nitrogens with one attached hydrogen (secondary N) is 1. The van der Waals surface area contributed by atoms with E-state index in [2.05, 4.69) is 42.6 Å². The van der Waals surface area contributed by atoms with E-state index in [1.807, 2.05) is 0 Å². The monoisotopic (exact) mass is 245 g/mol. The quantitative estimate of drug-likeness (QED) is 0.884. The van der Waals surface area contributed by atoms with Crippen molar-refractivity contribution in [1.82, 2.24) is 5.32 Å². The molecule has 1 saturated carbocycles. The molecule has 1 spiro atoms. The van der Waals surface area contributed by atoms with Gasteiger partial charge < -0.3 is 10.1 Å². The molecular weight excluding hydrogens is 222 g/mol. The molecule has 98 valence electrons. The average molecular weight is 245 g/mol. The smallest absolute Gasteiger partial charge is 0.0720 e. The Morgan fingerprint density at radius 2 is 1.94 bits per heavy atom. The van der Waals surface area contributed by atoms with Crippen molar-refractivity contribution in [2.24, 2.45) is 11.3 Å². The highest BCUT2D eigenvalue weighted by Crippen LogP contribution is 2.53. The summed E-state index contributed by atoms with van der Waals surface area (Å²) < 4.78 is 6.08. The SMILES string of the molecule is CC1C(OCc2ccccc2)CC12CCNCC2. The van der Waals surface area contributed by atoms with E-state index < -0.39 is 0 Å². The van der Waals surface area contributed by atoms with E-state index in [0.29, 0.717) is 11.5 Å². The second-order valence-electron chi connectivity index (χ2n) is 5.94. The van der Waals surface area contributed by atoms with Gasteiger partial charge in [0.1, 0.15) is 0 Å². The van der Waals surface area contributed by atoms with Gasteiger partial charge in [0.15, 0.2) is 0 Å². The summed E-state index contributed by atoms with van der Waals surface area (Å²) in [4.78, 5) is 0. The van der Waals surface area contributed by atoms with E-state index in [4.69, 9.17) is 4.74 Å². The first kappa shape index (κ1) is 12.2. The summed E-state index contributed by atoms with van der Waals surface area (Å²) in [6.45, 7) is 5.53. The molecule has 1 N–H and O–H groups in total. The van der Waals surface area contributed by atoms with Crippen molar-refractivity contribution >= 4 is 0 Å². The predicted octanol–water partition coefficient (Wildman–Crippen LogP) is 2.98. The van der Waals surface area contributed by atoms with Crippen LogP contribution in [-0.2, 0) is 11.3 Å². The number of benzene rings is 1. The van der Waals surface area contributed by atoms with Crippen molar-refractivity contribution in [3.8, 4) is 0 Å². The van der Waals surface area contributed by atoms with Gasteiger partial charge in [0.25, 0.3) is 0 Å². The second kappa shape index (κ2) is 5.02. The van der Waals surface area contributed by atoms with Crippen LogP contribution in [-0.4, -0.2) is 19.2 Å². The van der Waals surface area contributed by atoms with Crippen LogP contribution in [0.5, 0.6) is 0 Å². The number of ether oxygens (including phenoxy) is 1. The molecule has 2 atom stereocenters. The molecule has 0 amide bonds. The van der Waals surface area contributed by atoms with Crippen LogP contribution >= 0.6 is 0 Å². The molecule has 1 aliphatic heterocycles. The molecule has 0 bridgehead atoms. The van der Waals surface area contributed by atoms with Crippen LogP contribution in [0.15, 0.2) is 30.3 Å². The molecule has 1 aliphatic carbocycles. The van der Waals surface area contributed by atoms with Crippen LogP contribution in [0.4, 0.5) is 0 Å². The first-order valence-corrected chi connectivity index (χ1v) is 7.16. The van der Waals surface area contributed by atoms with Gasteiger partial charge in [-0.05, 0) is 49.2 Å². The minimum atomic E-state index is 0.475. The molecule has 1 saturated heterocycles. The van der Waals surface area contributed by atoms with E-state index in [1.165, 1.54) is 37.9 Å². The highest BCUT2D eigenvalue weighted by molar-refractivity contribution is 5.13. The third-order valence-electron chi connectivity index (χ3n) is 5.04. The molecule has 1 aromatic rings. The highest BCUT2D eigenvalue weighted by Gasteiger charge is 2.51. The van der Waals surface area contributed by atoms with Gasteiger partial charge >= 0.3 is 0 Å². The summed E-state index contributed by atoms with van der Waals surface area (Å²) in [7, 11) is 0. The average Bonchev–Trinajstić information content (AvgIpc) is 2.45. The molecule has 18 heavy (non-hydrogen) atoms. The van der Waals surface area contributed by atoms with Gasteiger partial charge in [-0.3, -0.25) is 0 Å². The van der Waals surface area contributed by atoms with E-state index >= 15 is 0 Å². The van der Waals surface area contributed by atoms with Crippen LogP contribution in [0.2, 0.25) is 0 Å². The van der Waals surface area contributed by atoms with Crippen molar-refractivity contribution in [3.05, 3.63) is 35.9 Å². The highest BCUT2D eigenvalue weighted by atomic mass is 16.5. The van der Waals surface area contributed by atoms with Crippen LogP contribution in [0.25, 0.3) is 0 Å². The molecular formula is C16H23NO. The third kappa shape index (κ3) is 2.19. The minimum Gasteiger partial charge on any atom is -0.373 e. The van der Waals surface area contributed by atoms with Crippen LogP contribution in [0.3, 0.4) is 0 Å². The lowest BCUT2D eigenvalue weighted by Gasteiger charge is -2.55. The van der Waals surface area contributed by atoms with E-state index in [-0.39, 0.29) is 0 Å². The second-order valence-corrected chi connectivity index (χ2v) is 5.94. The van der Waals surface area contributed by atoms with Gasteiger partial charge in [-0.1, -0.05) is 37.3 Å². The Labute approximate surface area is 110 Å². The van der Waals surface area contributed by atoms with E-state index in [0.717, 1.165) is 12.5 Å². The lowest BCUT2D eigenvalue weighted by atomic mass is 9.55. The van der Waals surface area contributed by atoms with E-state index in [9.17, 15) is 0 Å². The Kier molecular flexibility index (Phi) is 3.40. The molecule has 0 aromatic heterocycles. The summed E-state index contributed by atoms with van der Waals surface area (Å²) >= 11 is 0. The summed E-state index contributed by atoms with van der Waals surface area (Å²) in [6, 6.07) is 10.5. The number of rotatable bonds is 3. The van der Waals surface area contributed by atoms with Gasteiger partial charge in [-0.15, -0.1) is 0 Å². The molecule has 1 aromatic carbocycles. The fraction of sp³-hybridized carbons (Fsp3) is 0.625. The fourth-order valence-electron chi connectivity index (χ4n) is 3.56. The number of hydrogen-bond acceptors (Lipinski definition) is 2. The summed E-state index contributed by atoms with van der Waals surface area (Å²) in [6.07, 6.45) is 4.41. The third-order valence-corrected chi connectivity index (χ3v) is 5.04. The molecule has 2 unspecified atom stereocenters. The van der Waals surface area contributed by atoms with Crippen molar-refractivity contribution in [1.29, 1.82) is 0 Å². The first-order chi connectivity index (χ1) is 8.80. The molecule has 3 rings (SSSR count). The Morgan fingerprint density at radius 3 is 2.61 bits per heavy atom. The molecule has 1 heterocycles. The summed E-state index contributed by atoms with van der Waals surface area (Å²) in [5.74, 6) is 0.725. The topological polar surface area (TPSA) is 21.3 Å². The van der Waals surface area contributed by atoms with Crippen LogP contribution in [0.1, 0.15) is 31.7 Å². The maximum Gasteiger partial charge on any atom is 0.0720 e. The standard InChI is InChI=1S/C16H23NO/c1-13-15(11-16(13)7-9-17-10-8-16)18-12-14-5-3-2-4-6-14/h2-6,13,15,17H,7-12H2,1H3. The first-order valence-electron chi connectivity index (χ1n) is 7.16. The van der Waals surface area contributed by atoms with Gasteiger partial charge in [0.2, 0.25) is 0 Å². The summed E-state index contributed by atoms with van der Waals surface area (Å²) in [5, 5.41) is 3.46. The zero-order valence-electron chi connectivity index (χ0n) is 11.2. The minimum absolute atomic E-state index is 0.475. The van der Waals surface area contributed by atoms with Gasteiger partial charge in [0, 0.05) is 0 Å². The normalized spacial score (nSPS) is 30.1.